The molecule has 13 atom stereocenters. The van der Waals surface area contributed by atoms with Gasteiger partial charge in [0.15, 0.2) is 17.7 Å². The van der Waals surface area contributed by atoms with Gasteiger partial charge in [0.05, 0.1) is 17.8 Å². The third-order valence-corrected chi connectivity index (χ3v) is 10.3. The maximum absolute atomic E-state index is 14.2. The van der Waals surface area contributed by atoms with E-state index in [1.807, 2.05) is 25.9 Å². The Kier molecular flexibility index (Phi) is 12.1. The molecule has 0 unspecified atom stereocenters. The minimum Gasteiger partial charge on any atom is -0.457 e. The lowest BCUT2D eigenvalue weighted by Crippen LogP contribution is -2.62. The van der Waals surface area contributed by atoms with Crippen molar-refractivity contribution in [2.75, 3.05) is 21.2 Å². The Bertz CT molecular complexity index is 1200. The van der Waals surface area contributed by atoms with Crippen molar-refractivity contribution >= 4 is 29.7 Å². The van der Waals surface area contributed by atoms with Gasteiger partial charge in [-0.3, -0.25) is 14.4 Å². The molecular formula is C32H54N4O11. The van der Waals surface area contributed by atoms with Gasteiger partial charge in [-0.25, -0.2) is 20.0 Å². The van der Waals surface area contributed by atoms with Gasteiger partial charge in [0.2, 0.25) is 0 Å². The molecule has 0 saturated carbocycles. The quantitative estimate of drug-likeness (QED) is 0.274. The van der Waals surface area contributed by atoms with Crippen molar-refractivity contribution in [2.24, 2.45) is 29.4 Å². The Morgan fingerprint density at radius 1 is 1.09 bits per heavy atom. The van der Waals surface area contributed by atoms with Crippen molar-refractivity contribution in [3.05, 3.63) is 0 Å². The molecule has 47 heavy (non-hydrogen) atoms. The van der Waals surface area contributed by atoms with E-state index in [1.54, 1.807) is 34.6 Å². The molecule has 15 nitrogen and oxygen atoms in total. The smallest absolute Gasteiger partial charge is 0.429 e. The second-order valence-corrected chi connectivity index (χ2v) is 14.0. The minimum absolute atomic E-state index is 0.0436. The number of amides is 3. The summed E-state index contributed by atoms with van der Waals surface area (Å²) in [6, 6.07) is -2.49. The highest BCUT2D eigenvalue weighted by molar-refractivity contribution is 6.00. The normalized spacial score (nSPS) is 42.4. The monoisotopic (exact) mass is 670 g/mol. The third kappa shape index (κ3) is 7.58. The van der Waals surface area contributed by atoms with Crippen LogP contribution < -0.4 is 11.2 Å². The summed E-state index contributed by atoms with van der Waals surface area (Å²) >= 11 is 0. The van der Waals surface area contributed by atoms with E-state index in [0.717, 1.165) is 5.01 Å². The highest BCUT2D eigenvalue weighted by Crippen LogP contribution is 2.42. The van der Waals surface area contributed by atoms with Crippen LogP contribution in [0.5, 0.6) is 0 Å². The number of hydrogen-bond acceptors (Lipinski definition) is 12. The number of carbonyl (C=O) groups excluding carboxylic acids is 5. The van der Waals surface area contributed by atoms with Crippen LogP contribution >= 0.6 is 0 Å². The zero-order valence-corrected chi connectivity index (χ0v) is 29.5. The van der Waals surface area contributed by atoms with Gasteiger partial charge in [-0.1, -0.05) is 27.7 Å². The first-order chi connectivity index (χ1) is 21.7. The molecule has 3 fully saturated rings. The molecule has 4 N–H and O–H groups in total. The van der Waals surface area contributed by atoms with E-state index >= 15 is 0 Å². The maximum Gasteiger partial charge on any atom is 0.429 e. The molecule has 3 aliphatic rings. The average Bonchev–Trinajstić information content (AvgIpc) is 3.25. The molecule has 0 aromatic heterocycles. The molecule has 0 bridgehead atoms. The number of urea groups is 1. The number of rotatable bonds is 6. The summed E-state index contributed by atoms with van der Waals surface area (Å²) in [7, 11) is 5.12. The lowest BCUT2D eigenvalue weighted by molar-refractivity contribution is -0.295. The predicted octanol–water partition coefficient (Wildman–Crippen LogP) is 1.77. The predicted molar refractivity (Wildman–Crippen MR) is 167 cm³/mol. The molecule has 3 rings (SSSR count). The number of esters is 1. The van der Waals surface area contributed by atoms with Crippen LogP contribution in [0.2, 0.25) is 0 Å². The highest BCUT2D eigenvalue weighted by Gasteiger charge is 2.61. The first kappa shape index (κ1) is 38.6. The van der Waals surface area contributed by atoms with Gasteiger partial charge in [0.25, 0.3) is 0 Å². The summed E-state index contributed by atoms with van der Waals surface area (Å²) in [6.07, 6.45) is -4.93. The van der Waals surface area contributed by atoms with Gasteiger partial charge >= 0.3 is 18.1 Å². The molecule has 0 aromatic rings. The first-order valence-electron chi connectivity index (χ1n) is 16.3. The number of hydrazine groups is 1. The van der Waals surface area contributed by atoms with Gasteiger partial charge in [-0.2, -0.15) is 0 Å². The molecule has 3 heterocycles. The number of ketones is 2. The lowest BCUT2D eigenvalue weighted by atomic mass is 9.73. The molecule has 268 valence electrons. The van der Waals surface area contributed by atoms with Gasteiger partial charge < -0.3 is 39.4 Å². The molecule has 15 heteroatoms. The van der Waals surface area contributed by atoms with Crippen LogP contribution in [0.3, 0.4) is 0 Å². The number of ether oxygens (including phenoxy) is 5. The van der Waals surface area contributed by atoms with Crippen LogP contribution in [-0.2, 0) is 38.1 Å². The Morgan fingerprint density at radius 2 is 1.70 bits per heavy atom. The number of aliphatic hydroxyl groups is 1. The number of fused-ring (bicyclic) bond motifs is 1. The summed E-state index contributed by atoms with van der Waals surface area (Å²) in [5.41, 5.74) is 4.70. The van der Waals surface area contributed by atoms with E-state index in [4.69, 9.17) is 29.4 Å². The SMILES string of the molecule is CC[C@H]1OC(=O)[C@H](C)C(=O)[C@H](C)[C@@H](O[C@@H]2O[C@H](C)C[C@H](N(C)C)[C@H]2O)[C@](C)(OC)C[C@@H](C)C(=O)[C@H](C)[C@H]2N(NC(N)=O)C(=O)O[C@]12C. The number of cyclic esters (lactones) is 1. The van der Waals surface area contributed by atoms with Crippen molar-refractivity contribution in [3.63, 3.8) is 0 Å². The largest absolute Gasteiger partial charge is 0.457 e. The maximum atomic E-state index is 14.2. The van der Waals surface area contributed by atoms with Crippen LogP contribution in [0.4, 0.5) is 9.59 Å². The number of aliphatic hydroxyl groups excluding tert-OH is 1. The second kappa shape index (κ2) is 14.7. The zero-order valence-electron chi connectivity index (χ0n) is 29.5. The number of hydrogen-bond donors (Lipinski definition) is 3. The van der Waals surface area contributed by atoms with Gasteiger partial charge in [0.1, 0.15) is 30.0 Å². The van der Waals surface area contributed by atoms with Crippen LogP contribution in [-0.4, -0.2) is 120 Å². The molecular weight excluding hydrogens is 616 g/mol. The number of likely N-dealkylation sites (N-methyl/N-ethyl adjacent to an activating group) is 1. The van der Waals surface area contributed by atoms with Crippen molar-refractivity contribution < 1.29 is 52.8 Å². The van der Waals surface area contributed by atoms with E-state index < -0.39 is 89.4 Å². The lowest BCUT2D eigenvalue weighted by Gasteiger charge is -2.47. The van der Waals surface area contributed by atoms with Crippen molar-refractivity contribution in [1.82, 2.24) is 15.3 Å². The third-order valence-electron chi connectivity index (χ3n) is 10.3. The van der Waals surface area contributed by atoms with Gasteiger partial charge in [0, 0.05) is 30.9 Å². The summed E-state index contributed by atoms with van der Waals surface area (Å²) in [4.78, 5) is 68.8. The molecule has 0 radical (unpaired) electrons. The number of nitrogens with two attached hydrogens (primary N) is 1. The second-order valence-electron chi connectivity index (χ2n) is 14.0. The molecule has 0 aliphatic carbocycles. The van der Waals surface area contributed by atoms with E-state index in [2.05, 4.69) is 5.43 Å². The molecule has 0 spiro atoms. The van der Waals surface area contributed by atoms with Crippen molar-refractivity contribution in [1.29, 1.82) is 0 Å². The average molecular weight is 671 g/mol. The Labute approximate surface area is 277 Å². The summed E-state index contributed by atoms with van der Waals surface area (Å²) < 4.78 is 30.2. The highest BCUT2D eigenvalue weighted by atomic mass is 16.7. The number of nitrogens with zero attached hydrogens (tertiary/aromatic N) is 2. The van der Waals surface area contributed by atoms with Crippen LogP contribution in [0, 0.1) is 23.7 Å². The molecule has 3 saturated heterocycles. The number of primary amides is 1. The van der Waals surface area contributed by atoms with Crippen LogP contribution in [0.1, 0.15) is 74.7 Å². The van der Waals surface area contributed by atoms with Gasteiger partial charge in [-0.05, 0) is 61.1 Å². The molecule has 3 aliphatic heterocycles. The summed E-state index contributed by atoms with van der Waals surface area (Å²) in [5.74, 6) is -5.69. The van der Waals surface area contributed by atoms with E-state index in [-0.39, 0.29) is 30.8 Å². The van der Waals surface area contributed by atoms with E-state index in [9.17, 15) is 29.1 Å². The van der Waals surface area contributed by atoms with Crippen molar-refractivity contribution in [2.45, 2.75) is 129 Å². The van der Waals surface area contributed by atoms with E-state index in [1.165, 1.54) is 21.0 Å². The van der Waals surface area contributed by atoms with Crippen LogP contribution in [0.25, 0.3) is 0 Å². The van der Waals surface area contributed by atoms with Gasteiger partial charge in [-0.15, -0.1) is 0 Å². The molecule has 0 aromatic carbocycles. The summed E-state index contributed by atoms with van der Waals surface area (Å²) in [6.45, 7) is 13.1. The number of carbonyl (C=O) groups is 5. The topological polar surface area (TPSA) is 196 Å². The standard InChI is InChI=1S/C32H54N4O11/c1-12-21-32(8)25(36(30(42)47-32)34-29(33)41)17(4)22(37)15(2)14-31(7,43-11)26(18(5)23(38)19(6)27(40)45-21)46-28-24(39)20(35(9)10)13-16(3)44-28/h15-21,24-26,28,39H,12-14H2,1-11H3,(H3,33,34,41)/t15-,16-,17+,18+,19-,20+,21-,24-,25-,26-,28+,31-,32-/m1/s1. The van der Waals surface area contributed by atoms with Crippen molar-refractivity contribution in [3.8, 4) is 0 Å². The Morgan fingerprint density at radius 3 is 2.23 bits per heavy atom. The minimum atomic E-state index is -1.61. The fourth-order valence-corrected chi connectivity index (χ4v) is 7.60. The summed E-state index contributed by atoms with van der Waals surface area (Å²) in [5, 5.41) is 12.2. The fourth-order valence-electron chi connectivity index (χ4n) is 7.60. The Hall–Kier alpha value is -2.85. The fraction of sp³-hybridized carbons (Fsp3) is 0.844. The molecule has 3 amide bonds. The van der Waals surface area contributed by atoms with E-state index in [0.29, 0.717) is 6.42 Å². The Balaban J connectivity index is 2.15. The number of nitrogens with one attached hydrogen (secondary N) is 1. The number of methoxy groups -OCH3 is 1. The number of Topliss-reactive ketones (excluding diaryl/α,β-unsaturated/α-hetero) is 2. The zero-order chi connectivity index (χ0) is 35.8. The van der Waals surface area contributed by atoms with Crippen LogP contribution in [0.15, 0.2) is 0 Å². The first-order valence-corrected chi connectivity index (χ1v) is 16.3.